The molecule has 0 unspecified atom stereocenters. The van der Waals surface area contributed by atoms with E-state index in [1.165, 1.54) is 5.57 Å². The van der Waals surface area contributed by atoms with Crippen molar-refractivity contribution in [2.75, 3.05) is 32.8 Å². The van der Waals surface area contributed by atoms with Gasteiger partial charge in [-0.3, -0.25) is 9.69 Å². The van der Waals surface area contributed by atoms with Crippen LogP contribution in [0.3, 0.4) is 0 Å². The van der Waals surface area contributed by atoms with Gasteiger partial charge in [-0.2, -0.15) is 0 Å². The van der Waals surface area contributed by atoms with E-state index in [-0.39, 0.29) is 22.8 Å². The molecule has 1 aliphatic carbocycles. The first-order chi connectivity index (χ1) is 10.2. The van der Waals surface area contributed by atoms with Crippen LogP contribution in [-0.4, -0.2) is 49.2 Å². The molecule has 2 fully saturated rings. The van der Waals surface area contributed by atoms with E-state index >= 15 is 0 Å². The first kappa shape index (κ1) is 17.5. The highest BCUT2D eigenvalue weighted by atomic mass is 16.5. The summed E-state index contributed by atoms with van der Waals surface area (Å²) in [5.41, 5.74) is 1.36. The van der Waals surface area contributed by atoms with Crippen molar-refractivity contribution in [2.24, 2.45) is 17.3 Å². The summed E-state index contributed by atoms with van der Waals surface area (Å²) in [4.78, 5) is 15.0. The molecular formula is C18H32N2O2. The Labute approximate surface area is 135 Å². The number of nitrogens with zero attached hydrogens (tertiary/aromatic N) is 1. The van der Waals surface area contributed by atoms with E-state index in [2.05, 4.69) is 57.8 Å². The first-order valence-electron chi connectivity index (χ1n) is 8.42. The Morgan fingerprint density at radius 1 is 1.32 bits per heavy atom. The number of carbonyl (C=O) groups excluding carboxylic acids is 1. The second kappa shape index (κ2) is 6.32. The summed E-state index contributed by atoms with van der Waals surface area (Å²) in [6, 6.07) is 0. The van der Waals surface area contributed by atoms with Crippen molar-refractivity contribution < 1.29 is 9.53 Å². The number of hydrogen-bond acceptors (Lipinski definition) is 3. The fourth-order valence-electron chi connectivity index (χ4n) is 3.54. The summed E-state index contributed by atoms with van der Waals surface area (Å²) >= 11 is 0. The zero-order chi connectivity index (χ0) is 16.5. The van der Waals surface area contributed by atoms with Gasteiger partial charge in [0.25, 0.3) is 0 Å². The highest BCUT2D eigenvalue weighted by Crippen LogP contribution is 2.59. The third-order valence-corrected chi connectivity index (χ3v) is 5.27. The molecule has 4 heteroatoms. The number of carbonyl (C=O) groups is 1. The van der Waals surface area contributed by atoms with E-state index in [4.69, 9.17) is 4.74 Å². The van der Waals surface area contributed by atoms with E-state index in [0.717, 1.165) is 26.3 Å². The van der Waals surface area contributed by atoms with Crippen molar-refractivity contribution in [3.63, 3.8) is 0 Å². The quantitative estimate of drug-likeness (QED) is 0.793. The molecule has 22 heavy (non-hydrogen) atoms. The third kappa shape index (κ3) is 3.72. The fourth-order valence-corrected chi connectivity index (χ4v) is 3.54. The Hall–Kier alpha value is -0.870. The molecule has 1 heterocycles. The maximum absolute atomic E-state index is 12.6. The Bertz CT molecular complexity index is 444. The van der Waals surface area contributed by atoms with Gasteiger partial charge in [-0.1, -0.05) is 25.5 Å². The summed E-state index contributed by atoms with van der Waals surface area (Å²) in [5, 5.41) is 3.19. The summed E-state index contributed by atoms with van der Waals surface area (Å²) in [5.74, 6) is 0.695. The van der Waals surface area contributed by atoms with Gasteiger partial charge < -0.3 is 10.1 Å². The molecule has 4 nitrogen and oxygen atoms in total. The van der Waals surface area contributed by atoms with Crippen molar-refractivity contribution in [2.45, 2.75) is 47.1 Å². The number of rotatable bonds is 5. The number of allylic oxidation sites excluding steroid dienone is 2. The molecule has 2 aliphatic rings. The second-order valence-corrected chi connectivity index (χ2v) is 8.20. The summed E-state index contributed by atoms with van der Waals surface area (Å²) in [6.07, 6.45) is 2.25. The zero-order valence-corrected chi connectivity index (χ0v) is 15.0. The monoisotopic (exact) mass is 308 g/mol. The Kier molecular flexibility index (Phi) is 5.03. The maximum Gasteiger partial charge on any atom is 0.224 e. The van der Waals surface area contributed by atoms with Crippen molar-refractivity contribution >= 4 is 5.91 Å². The number of morpholine rings is 1. The van der Waals surface area contributed by atoms with Crippen LogP contribution >= 0.6 is 0 Å². The second-order valence-electron chi connectivity index (χ2n) is 8.20. The molecule has 0 aromatic rings. The summed E-state index contributed by atoms with van der Waals surface area (Å²) in [7, 11) is 0. The lowest BCUT2D eigenvalue weighted by atomic mass is 10.0. The van der Waals surface area contributed by atoms with Gasteiger partial charge in [0.1, 0.15) is 0 Å². The molecule has 2 rings (SSSR count). The van der Waals surface area contributed by atoms with Crippen LogP contribution in [0.1, 0.15) is 41.5 Å². The van der Waals surface area contributed by atoms with Crippen LogP contribution in [0.15, 0.2) is 11.6 Å². The lowest BCUT2D eigenvalue weighted by molar-refractivity contribution is -0.123. The van der Waals surface area contributed by atoms with Crippen molar-refractivity contribution in [3.05, 3.63) is 11.6 Å². The molecule has 1 amide bonds. The van der Waals surface area contributed by atoms with E-state index < -0.39 is 0 Å². The molecule has 1 aliphatic heterocycles. The van der Waals surface area contributed by atoms with Gasteiger partial charge in [-0.25, -0.2) is 0 Å². The molecule has 1 saturated carbocycles. The lowest BCUT2D eigenvalue weighted by Gasteiger charge is -2.40. The minimum atomic E-state index is -0.0233. The average molecular weight is 308 g/mol. The molecular weight excluding hydrogens is 276 g/mol. The SMILES string of the molecule is CC(C)=C[C@H]1[C@H](C(=O)NCC(C)(C)N2CCOCC2)C1(C)C. The predicted octanol–water partition coefficient (Wildman–Crippen LogP) is 2.45. The van der Waals surface area contributed by atoms with E-state index in [0.29, 0.717) is 12.5 Å². The van der Waals surface area contributed by atoms with E-state index in [1.807, 2.05) is 0 Å². The molecule has 0 bridgehead atoms. The Balaban J connectivity index is 1.89. The molecule has 0 spiro atoms. The number of ether oxygens (including phenoxy) is 1. The molecule has 2 atom stereocenters. The van der Waals surface area contributed by atoms with E-state index in [9.17, 15) is 4.79 Å². The number of amides is 1. The molecule has 0 aromatic heterocycles. The largest absolute Gasteiger partial charge is 0.379 e. The van der Waals surface area contributed by atoms with Gasteiger partial charge in [0.15, 0.2) is 0 Å². The zero-order valence-electron chi connectivity index (χ0n) is 15.0. The Morgan fingerprint density at radius 2 is 1.91 bits per heavy atom. The molecule has 1 N–H and O–H groups in total. The summed E-state index contributed by atoms with van der Waals surface area (Å²) < 4.78 is 5.41. The molecule has 126 valence electrons. The van der Waals surface area contributed by atoms with Crippen LogP contribution in [-0.2, 0) is 9.53 Å². The van der Waals surface area contributed by atoms with Gasteiger partial charge in [-0.05, 0) is 39.0 Å². The fraction of sp³-hybridized carbons (Fsp3) is 0.833. The van der Waals surface area contributed by atoms with Crippen LogP contribution in [0.4, 0.5) is 0 Å². The number of hydrogen-bond donors (Lipinski definition) is 1. The van der Waals surface area contributed by atoms with Gasteiger partial charge >= 0.3 is 0 Å². The van der Waals surface area contributed by atoms with Gasteiger partial charge in [0, 0.05) is 25.2 Å². The smallest absolute Gasteiger partial charge is 0.224 e. The predicted molar refractivity (Wildman–Crippen MR) is 89.7 cm³/mol. The first-order valence-corrected chi connectivity index (χ1v) is 8.42. The van der Waals surface area contributed by atoms with Crippen LogP contribution in [0.25, 0.3) is 0 Å². The van der Waals surface area contributed by atoms with Crippen molar-refractivity contribution in [3.8, 4) is 0 Å². The van der Waals surface area contributed by atoms with Crippen molar-refractivity contribution in [1.82, 2.24) is 10.2 Å². The highest BCUT2D eigenvalue weighted by molar-refractivity contribution is 5.83. The van der Waals surface area contributed by atoms with Crippen molar-refractivity contribution in [1.29, 1.82) is 0 Å². The average Bonchev–Trinajstić information content (AvgIpc) is 2.97. The highest BCUT2D eigenvalue weighted by Gasteiger charge is 2.60. The molecule has 0 aromatic carbocycles. The normalized spacial score (nSPS) is 28.1. The lowest BCUT2D eigenvalue weighted by Crippen LogP contribution is -2.55. The third-order valence-electron chi connectivity index (χ3n) is 5.27. The van der Waals surface area contributed by atoms with E-state index in [1.54, 1.807) is 0 Å². The Morgan fingerprint density at radius 3 is 2.45 bits per heavy atom. The van der Waals surface area contributed by atoms with Crippen LogP contribution < -0.4 is 5.32 Å². The maximum atomic E-state index is 12.6. The topological polar surface area (TPSA) is 41.6 Å². The van der Waals surface area contributed by atoms with Crippen LogP contribution in [0.2, 0.25) is 0 Å². The van der Waals surface area contributed by atoms with Crippen LogP contribution in [0.5, 0.6) is 0 Å². The van der Waals surface area contributed by atoms with Gasteiger partial charge in [0.05, 0.1) is 19.1 Å². The van der Waals surface area contributed by atoms with Gasteiger partial charge in [0.2, 0.25) is 5.91 Å². The molecule has 1 saturated heterocycles. The standard InChI is InChI=1S/C18H32N2O2/c1-13(2)11-14-15(18(14,5)6)16(21)19-12-17(3,4)20-7-9-22-10-8-20/h11,14-15H,7-10,12H2,1-6H3,(H,19,21)/t14-,15+/m0/s1. The minimum absolute atomic E-state index is 0.0233. The van der Waals surface area contributed by atoms with Crippen LogP contribution in [0, 0.1) is 17.3 Å². The number of nitrogens with one attached hydrogen (secondary N) is 1. The van der Waals surface area contributed by atoms with Gasteiger partial charge in [-0.15, -0.1) is 0 Å². The minimum Gasteiger partial charge on any atom is -0.379 e. The molecule has 0 radical (unpaired) electrons. The summed E-state index contributed by atoms with van der Waals surface area (Å²) in [6.45, 7) is 17.1.